The van der Waals surface area contributed by atoms with Gasteiger partial charge in [0, 0.05) is 12.0 Å². The van der Waals surface area contributed by atoms with Gasteiger partial charge in [0.1, 0.15) is 6.61 Å². The van der Waals surface area contributed by atoms with E-state index in [0.717, 1.165) is 22.3 Å². The van der Waals surface area contributed by atoms with Crippen molar-refractivity contribution in [2.24, 2.45) is 0 Å². The third-order valence-corrected chi connectivity index (χ3v) is 7.69. The van der Waals surface area contributed by atoms with Crippen LogP contribution in [0.1, 0.15) is 29.9 Å². The number of carbonyl (C=O) groups excluding carboxylic acids is 1. The first kappa shape index (κ1) is 19.4. The van der Waals surface area contributed by atoms with Gasteiger partial charge < -0.3 is 15.2 Å². The number of fused-ring (bicyclic) bond motifs is 3. The summed E-state index contributed by atoms with van der Waals surface area (Å²) < 4.78 is 29.2. The van der Waals surface area contributed by atoms with E-state index in [1.807, 2.05) is 48.5 Å². The van der Waals surface area contributed by atoms with Crippen LogP contribution in [0, 0.1) is 0 Å². The first-order valence-corrected chi connectivity index (χ1v) is 11.1. The first-order chi connectivity index (χ1) is 13.9. The summed E-state index contributed by atoms with van der Waals surface area (Å²) in [5.41, 5.74) is 4.44. The molecule has 0 aromatic heterocycles. The highest BCUT2D eigenvalue weighted by Crippen LogP contribution is 2.44. The number of alkyl carbamates (subject to hydrolysis) is 1. The molecule has 29 heavy (non-hydrogen) atoms. The molecule has 2 aliphatic rings. The van der Waals surface area contributed by atoms with E-state index in [-0.39, 0.29) is 31.1 Å². The Labute approximate surface area is 168 Å². The second-order valence-electron chi connectivity index (χ2n) is 7.39. The van der Waals surface area contributed by atoms with Crippen molar-refractivity contribution in [3.05, 3.63) is 59.7 Å². The number of nitrogens with one attached hydrogen (secondary N) is 1. The van der Waals surface area contributed by atoms with Crippen molar-refractivity contribution in [1.82, 2.24) is 5.32 Å². The van der Waals surface area contributed by atoms with Gasteiger partial charge in [-0.25, -0.2) is 13.2 Å². The Morgan fingerprint density at radius 1 is 1.03 bits per heavy atom. The van der Waals surface area contributed by atoms with E-state index in [9.17, 15) is 18.0 Å². The highest BCUT2D eigenvalue weighted by Gasteiger charge is 2.40. The second kappa shape index (κ2) is 7.51. The molecule has 2 aromatic carbocycles. The average molecular weight is 415 g/mol. The second-order valence-corrected chi connectivity index (χ2v) is 9.69. The van der Waals surface area contributed by atoms with Crippen LogP contribution in [0.15, 0.2) is 48.5 Å². The number of hydrogen-bond acceptors (Lipinski definition) is 5. The van der Waals surface area contributed by atoms with Crippen LogP contribution in [0.4, 0.5) is 4.79 Å². The van der Waals surface area contributed by atoms with Gasteiger partial charge >= 0.3 is 12.1 Å². The molecule has 1 saturated heterocycles. The number of rotatable bonds is 4. The quantitative estimate of drug-likeness (QED) is 0.794. The lowest BCUT2D eigenvalue weighted by molar-refractivity contribution is -0.136. The standard InChI is InChI=1S/C21H21NO6S/c23-20(24)19-11-13(9-10-29(19,26)27)22-21(25)28-12-18-16-7-3-1-5-14(16)15-6-2-4-8-17(15)18/h1-8,13,18-19H,9-12H2,(H,22,25)(H,23,24). The SMILES string of the molecule is O=C(NC1CCS(=O)(=O)C(C(=O)O)C1)OCC1c2ccccc2-c2ccccc21. The number of benzene rings is 2. The largest absolute Gasteiger partial charge is 0.480 e. The van der Waals surface area contributed by atoms with Crippen molar-refractivity contribution in [3.8, 4) is 11.1 Å². The van der Waals surface area contributed by atoms with Crippen LogP contribution in [0.2, 0.25) is 0 Å². The molecular weight excluding hydrogens is 394 g/mol. The number of carboxylic acid groups (broad SMARTS) is 1. The van der Waals surface area contributed by atoms with Gasteiger partial charge in [0.05, 0.1) is 5.75 Å². The zero-order chi connectivity index (χ0) is 20.6. The molecule has 2 N–H and O–H groups in total. The van der Waals surface area contributed by atoms with Crippen molar-refractivity contribution in [1.29, 1.82) is 0 Å². The lowest BCUT2D eigenvalue weighted by Crippen LogP contribution is -2.47. The minimum absolute atomic E-state index is 0.0772. The molecule has 2 unspecified atom stereocenters. The Hall–Kier alpha value is -2.87. The molecule has 2 aromatic rings. The minimum atomic E-state index is -3.68. The van der Waals surface area contributed by atoms with Crippen LogP contribution in [0.5, 0.6) is 0 Å². The summed E-state index contributed by atoms with van der Waals surface area (Å²) in [5.74, 6) is -1.73. The summed E-state index contributed by atoms with van der Waals surface area (Å²) in [6.07, 6.45) is -0.640. The van der Waals surface area contributed by atoms with E-state index in [2.05, 4.69) is 5.32 Å². The molecule has 8 heteroatoms. The van der Waals surface area contributed by atoms with E-state index in [1.54, 1.807) is 0 Å². The predicted molar refractivity (Wildman–Crippen MR) is 106 cm³/mol. The number of sulfone groups is 1. The maximum Gasteiger partial charge on any atom is 0.407 e. The normalized spacial score (nSPS) is 22.3. The molecule has 7 nitrogen and oxygen atoms in total. The smallest absolute Gasteiger partial charge is 0.407 e. The third-order valence-electron chi connectivity index (χ3n) is 5.62. The zero-order valence-corrected chi connectivity index (χ0v) is 16.4. The molecule has 1 aliphatic carbocycles. The molecule has 0 saturated carbocycles. The summed E-state index contributed by atoms with van der Waals surface area (Å²) in [6.45, 7) is 0.146. The highest BCUT2D eigenvalue weighted by molar-refractivity contribution is 7.92. The van der Waals surface area contributed by atoms with Gasteiger partial charge in [0.15, 0.2) is 15.1 Å². The molecule has 2 atom stereocenters. The number of aliphatic carboxylic acids is 1. The number of ether oxygens (including phenoxy) is 1. The molecule has 4 rings (SSSR count). The van der Waals surface area contributed by atoms with Gasteiger partial charge in [-0.1, -0.05) is 48.5 Å². The molecule has 1 heterocycles. The lowest BCUT2D eigenvalue weighted by atomic mass is 9.98. The average Bonchev–Trinajstić information content (AvgIpc) is 3.01. The summed E-state index contributed by atoms with van der Waals surface area (Å²) in [4.78, 5) is 23.5. The Morgan fingerprint density at radius 3 is 2.21 bits per heavy atom. The van der Waals surface area contributed by atoms with Crippen LogP contribution in [0.3, 0.4) is 0 Å². The van der Waals surface area contributed by atoms with Gasteiger partial charge in [0.2, 0.25) is 0 Å². The number of carboxylic acids is 1. The fourth-order valence-corrected chi connectivity index (χ4v) is 5.89. The Morgan fingerprint density at radius 2 is 1.62 bits per heavy atom. The van der Waals surface area contributed by atoms with Crippen molar-refractivity contribution < 1.29 is 27.9 Å². The maximum atomic E-state index is 12.3. The van der Waals surface area contributed by atoms with Gasteiger partial charge in [-0.15, -0.1) is 0 Å². The molecule has 0 spiro atoms. The molecule has 0 bridgehead atoms. The maximum absolute atomic E-state index is 12.3. The summed E-state index contributed by atoms with van der Waals surface area (Å²) in [6, 6.07) is 15.4. The van der Waals surface area contributed by atoms with Gasteiger partial charge in [-0.05, 0) is 35.1 Å². The van der Waals surface area contributed by atoms with Crippen LogP contribution < -0.4 is 5.32 Å². The minimum Gasteiger partial charge on any atom is -0.480 e. The molecule has 0 radical (unpaired) electrons. The molecule has 1 amide bonds. The first-order valence-electron chi connectivity index (χ1n) is 9.42. The fraction of sp³-hybridized carbons (Fsp3) is 0.333. The van der Waals surface area contributed by atoms with Gasteiger partial charge in [0.25, 0.3) is 0 Å². The molecular formula is C21H21NO6S. The van der Waals surface area contributed by atoms with E-state index in [1.165, 1.54) is 0 Å². The number of hydrogen-bond donors (Lipinski definition) is 2. The Kier molecular flexibility index (Phi) is 5.04. The Balaban J connectivity index is 1.41. The van der Waals surface area contributed by atoms with Crippen molar-refractivity contribution >= 4 is 21.9 Å². The van der Waals surface area contributed by atoms with Gasteiger partial charge in [-0.2, -0.15) is 0 Å². The van der Waals surface area contributed by atoms with Crippen LogP contribution in [-0.4, -0.2) is 49.2 Å². The summed E-state index contributed by atoms with van der Waals surface area (Å²) in [5, 5.41) is 10.3. The van der Waals surface area contributed by atoms with Crippen LogP contribution in [-0.2, 0) is 19.4 Å². The lowest BCUT2D eigenvalue weighted by Gasteiger charge is -2.27. The van der Waals surface area contributed by atoms with Crippen molar-refractivity contribution in [2.75, 3.05) is 12.4 Å². The zero-order valence-electron chi connectivity index (χ0n) is 15.6. The van der Waals surface area contributed by atoms with Crippen LogP contribution >= 0.6 is 0 Å². The predicted octanol–water partition coefficient (Wildman–Crippen LogP) is 2.56. The van der Waals surface area contributed by atoms with E-state index in [4.69, 9.17) is 9.84 Å². The molecule has 1 aliphatic heterocycles. The van der Waals surface area contributed by atoms with E-state index in [0.29, 0.717) is 0 Å². The summed E-state index contributed by atoms with van der Waals surface area (Å²) in [7, 11) is -3.68. The van der Waals surface area contributed by atoms with Gasteiger partial charge in [-0.3, -0.25) is 4.79 Å². The van der Waals surface area contributed by atoms with Crippen molar-refractivity contribution in [3.63, 3.8) is 0 Å². The fourth-order valence-electron chi connectivity index (χ4n) is 4.16. The van der Waals surface area contributed by atoms with Crippen molar-refractivity contribution in [2.45, 2.75) is 30.1 Å². The monoisotopic (exact) mass is 415 g/mol. The number of amides is 1. The van der Waals surface area contributed by atoms with E-state index >= 15 is 0 Å². The third kappa shape index (κ3) is 3.72. The topological polar surface area (TPSA) is 110 Å². The van der Waals surface area contributed by atoms with Crippen LogP contribution in [0.25, 0.3) is 11.1 Å². The molecule has 1 fully saturated rings. The highest BCUT2D eigenvalue weighted by atomic mass is 32.2. The molecule has 152 valence electrons. The van der Waals surface area contributed by atoms with E-state index < -0.39 is 33.2 Å². The summed E-state index contributed by atoms with van der Waals surface area (Å²) >= 11 is 0. The number of carbonyl (C=O) groups is 2. The Bertz CT molecular complexity index is 1020.